The van der Waals surface area contributed by atoms with Crippen LogP contribution in [-0.2, 0) is 10.3 Å². The quantitative estimate of drug-likeness (QED) is 0.856. The molecule has 0 fully saturated rings. The second-order valence-electron chi connectivity index (χ2n) is 6.00. The molecule has 1 unspecified atom stereocenters. The van der Waals surface area contributed by atoms with Crippen LogP contribution in [0.4, 0.5) is 14.5 Å². The number of nitrogens with one attached hydrogen (secondary N) is 1. The van der Waals surface area contributed by atoms with Gasteiger partial charge in [-0.15, -0.1) is 0 Å². The van der Waals surface area contributed by atoms with Crippen LogP contribution in [0.25, 0.3) is 0 Å². The molecule has 0 bridgehead atoms. The van der Waals surface area contributed by atoms with Crippen molar-refractivity contribution in [3.63, 3.8) is 0 Å². The number of benzene rings is 1. The summed E-state index contributed by atoms with van der Waals surface area (Å²) < 4.78 is 33.5. The van der Waals surface area contributed by atoms with Crippen LogP contribution in [-0.4, -0.2) is 29.9 Å². The lowest BCUT2D eigenvalue weighted by molar-refractivity contribution is 0.101. The number of ether oxygens (including phenoxy) is 1. The van der Waals surface area contributed by atoms with E-state index in [1.807, 2.05) is 0 Å². The maximum atomic E-state index is 14.3. The van der Waals surface area contributed by atoms with Crippen molar-refractivity contribution >= 4 is 29.0 Å². The van der Waals surface area contributed by atoms with Crippen molar-refractivity contribution < 1.29 is 18.3 Å². The number of nitrogens with two attached hydrogens (primary N) is 1. The van der Waals surface area contributed by atoms with E-state index in [0.717, 1.165) is 12.3 Å². The van der Waals surface area contributed by atoms with Gasteiger partial charge >= 0.3 is 0 Å². The lowest BCUT2D eigenvalue weighted by Crippen LogP contribution is -2.38. The average molecular weight is 381 g/mol. The molecule has 1 amide bonds. The minimum absolute atomic E-state index is 0.0730. The summed E-state index contributed by atoms with van der Waals surface area (Å²) >= 11 is 5.62. The fraction of sp³-hybridized carbons (Fsp3) is 0.235. The topological polar surface area (TPSA) is 89.6 Å². The number of hydrogen-bond donors (Lipinski definition) is 2. The van der Waals surface area contributed by atoms with E-state index in [2.05, 4.69) is 15.3 Å². The van der Waals surface area contributed by atoms with Gasteiger partial charge in [0.05, 0.1) is 11.6 Å². The molecule has 3 rings (SSSR count). The highest BCUT2D eigenvalue weighted by atomic mass is 35.5. The van der Waals surface area contributed by atoms with Gasteiger partial charge in [-0.25, -0.2) is 13.8 Å². The van der Waals surface area contributed by atoms with Crippen LogP contribution in [0.5, 0.6) is 0 Å². The highest BCUT2D eigenvalue weighted by Gasteiger charge is 2.33. The zero-order valence-corrected chi connectivity index (χ0v) is 14.5. The molecule has 0 aliphatic carbocycles. The predicted molar refractivity (Wildman–Crippen MR) is 93.4 cm³/mol. The number of hydrogen-bond acceptors (Lipinski definition) is 5. The van der Waals surface area contributed by atoms with E-state index in [1.54, 1.807) is 6.92 Å². The van der Waals surface area contributed by atoms with Gasteiger partial charge in [-0.2, -0.15) is 0 Å². The Labute approximate surface area is 153 Å². The molecule has 0 saturated heterocycles. The van der Waals surface area contributed by atoms with E-state index in [1.165, 1.54) is 18.2 Å². The third kappa shape index (κ3) is 3.66. The second kappa shape index (κ2) is 6.97. The number of pyridine rings is 1. The Bertz CT molecular complexity index is 906. The average Bonchev–Trinajstić information content (AvgIpc) is 2.56. The largest absolute Gasteiger partial charge is 0.386 e. The first kappa shape index (κ1) is 18.2. The van der Waals surface area contributed by atoms with Gasteiger partial charge in [-0.1, -0.05) is 11.6 Å². The van der Waals surface area contributed by atoms with E-state index in [4.69, 9.17) is 22.1 Å². The van der Waals surface area contributed by atoms with Crippen LogP contribution in [0, 0.1) is 11.6 Å². The SMILES string of the molecule is CC1(c2cc(NC(=O)c3ncc(Cl)cc3F)ccc2F)COCC(N)=N1. The summed E-state index contributed by atoms with van der Waals surface area (Å²) in [5.41, 5.74) is 4.69. The minimum Gasteiger partial charge on any atom is -0.386 e. The van der Waals surface area contributed by atoms with Crippen molar-refractivity contribution in [3.8, 4) is 0 Å². The zero-order valence-electron chi connectivity index (χ0n) is 13.7. The molecule has 26 heavy (non-hydrogen) atoms. The molecular weight excluding hydrogens is 366 g/mol. The van der Waals surface area contributed by atoms with Crippen molar-refractivity contribution in [2.24, 2.45) is 10.7 Å². The molecule has 1 aromatic carbocycles. The maximum Gasteiger partial charge on any atom is 0.277 e. The van der Waals surface area contributed by atoms with Gasteiger partial charge < -0.3 is 15.8 Å². The highest BCUT2D eigenvalue weighted by molar-refractivity contribution is 6.30. The smallest absolute Gasteiger partial charge is 0.277 e. The van der Waals surface area contributed by atoms with Crippen LogP contribution in [0.1, 0.15) is 23.0 Å². The number of anilines is 1. The number of rotatable bonds is 3. The maximum absolute atomic E-state index is 14.3. The molecule has 2 heterocycles. The Balaban J connectivity index is 1.90. The summed E-state index contributed by atoms with van der Waals surface area (Å²) in [5, 5.41) is 2.55. The van der Waals surface area contributed by atoms with E-state index in [-0.39, 0.29) is 35.3 Å². The number of nitrogens with zero attached hydrogens (tertiary/aromatic N) is 2. The zero-order chi connectivity index (χ0) is 18.9. The number of amides is 1. The predicted octanol–water partition coefficient (Wildman–Crippen LogP) is 2.87. The summed E-state index contributed by atoms with van der Waals surface area (Å²) in [4.78, 5) is 20.2. The molecule has 6 nitrogen and oxygen atoms in total. The Kier molecular flexibility index (Phi) is 4.88. The van der Waals surface area contributed by atoms with Gasteiger partial charge in [0.25, 0.3) is 5.91 Å². The fourth-order valence-corrected chi connectivity index (χ4v) is 2.81. The number of amidine groups is 1. The first-order valence-corrected chi connectivity index (χ1v) is 8.01. The minimum atomic E-state index is -1.03. The van der Waals surface area contributed by atoms with Gasteiger partial charge in [-0.05, 0) is 31.2 Å². The highest BCUT2D eigenvalue weighted by Crippen LogP contribution is 2.32. The van der Waals surface area contributed by atoms with Crippen LogP contribution in [0.15, 0.2) is 35.5 Å². The Morgan fingerprint density at radius 3 is 2.81 bits per heavy atom. The van der Waals surface area contributed by atoms with Gasteiger partial charge in [-0.3, -0.25) is 9.79 Å². The van der Waals surface area contributed by atoms with E-state index in [9.17, 15) is 13.6 Å². The molecule has 136 valence electrons. The van der Waals surface area contributed by atoms with E-state index >= 15 is 0 Å². The van der Waals surface area contributed by atoms with E-state index < -0.39 is 28.8 Å². The standard InChI is InChI=1S/C17H15ClF2N4O2/c1-17(8-26-7-14(21)24-17)11-5-10(2-3-12(11)19)23-16(25)15-13(20)4-9(18)6-22-15/h2-6H,7-8H2,1H3,(H2,21,24)(H,23,25). The first-order valence-electron chi connectivity index (χ1n) is 7.63. The first-order chi connectivity index (χ1) is 12.3. The summed E-state index contributed by atoms with van der Waals surface area (Å²) in [6.45, 7) is 1.98. The molecule has 0 saturated carbocycles. The van der Waals surface area contributed by atoms with Crippen molar-refractivity contribution in [1.29, 1.82) is 0 Å². The van der Waals surface area contributed by atoms with Crippen molar-refractivity contribution in [1.82, 2.24) is 4.98 Å². The monoisotopic (exact) mass is 380 g/mol. The lowest BCUT2D eigenvalue weighted by atomic mass is 9.92. The molecule has 0 spiro atoms. The number of aliphatic imine (C=N–C) groups is 1. The van der Waals surface area contributed by atoms with Gasteiger partial charge in [0.1, 0.15) is 23.8 Å². The molecule has 2 aromatic rings. The number of halogens is 3. The molecular formula is C17H15ClF2N4O2. The second-order valence-corrected chi connectivity index (χ2v) is 6.44. The number of carbonyl (C=O) groups excluding carboxylic acids is 1. The summed E-state index contributed by atoms with van der Waals surface area (Å²) in [5.74, 6) is -1.92. The van der Waals surface area contributed by atoms with Crippen molar-refractivity contribution in [2.45, 2.75) is 12.5 Å². The molecule has 1 aromatic heterocycles. The number of carbonyl (C=O) groups is 1. The van der Waals surface area contributed by atoms with E-state index in [0.29, 0.717) is 0 Å². The van der Waals surface area contributed by atoms with Crippen LogP contribution >= 0.6 is 11.6 Å². The van der Waals surface area contributed by atoms with Crippen molar-refractivity contribution in [3.05, 3.63) is 58.4 Å². The van der Waals surface area contributed by atoms with Gasteiger partial charge in [0.2, 0.25) is 0 Å². The van der Waals surface area contributed by atoms with Crippen LogP contribution < -0.4 is 11.1 Å². The van der Waals surface area contributed by atoms with Gasteiger partial charge in [0.15, 0.2) is 11.5 Å². The third-order valence-electron chi connectivity index (χ3n) is 3.85. The Morgan fingerprint density at radius 2 is 2.12 bits per heavy atom. The lowest BCUT2D eigenvalue weighted by Gasteiger charge is -2.30. The fourth-order valence-electron chi connectivity index (χ4n) is 2.66. The Morgan fingerprint density at radius 1 is 1.35 bits per heavy atom. The Hall–Kier alpha value is -2.58. The normalized spacial score (nSPS) is 19.8. The van der Waals surface area contributed by atoms with Crippen LogP contribution in [0.3, 0.4) is 0 Å². The molecule has 3 N–H and O–H groups in total. The third-order valence-corrected chi connectivity index (χ3v) is 4.06. The molecule has 1 atom stereocenters. The number of aromatic nitrogens is 1. The molecule has 0 radical (unpaired) electrons. The summed E-state index contributed by atoms with van der Waals surface area (Å²) in [6, 6.07) is 4.93. The van der Waals surface area contributed by atoms with Crippen molar-refractivity contribution in [2.75, 3.05) is 18.5 Å². The molecule has 9 heteroatoms. The molecule has 1 aliphatic heterocycles. The van der Waals surface area contributed by atoms with Crippen LogP contribution in [0.2, 0.25) is 5.02 Å². The van der Waals surface area contributed by atoms with Gasteiger partial charge in [0, 0.05) is 17.4 Å². The summed E-state index contributed by atoms with van der Waals surface area (Å²) in [7, 11) is 0. The summed E-state index contributed by atoms with van der Waals surface area (Å²) in [6.07, 6.45) is 1.16. The molecule has 1 aliphatic rings.